The molecule has 1 saturated heterocycles. The highest BCUT2D eigenvalue weighted by Gasteiger charge is 2.86. The van der Waals surface area contributed by atoms with Crippen molar-refractivity contribution in [2.45, 2.75) is 318 Å². The van der Waals surface area contributed by atoms with Crippen molar-refractivity contribution in [2.24, 2.45) is 52.3 Å². The summed E-state index contributed by atoms with van der Waals surface area (Å²) in [5.41, 5.74) is 20.8. The first-order valence-electron chi connectivity index (χ1n) is 46.5. The molecule has 3 rings (SSSR count). The Balaban J connectivity index is 2.29. The molecule has 1 fully saturated rings. The number of ether oxygens (including phenoxy) is 1. The fourth-order valence-electron chi connectivity index (χ4n) is 14.9. The number of nitrogens with one attached hydrogen (secondary N) is 19. The van der Waals surface area contributed by atoms with Crippen LogP contribution < -0.4 is 108 Å². The summed E-state index contributed by atoms with van der Waals surface area (Å²) in [6.07, 6.45) is -32.7. The number of unbranched alkanes of at least 4 members (excludes halogenated alkanes) is 1. The lowest BCUT2D eigenvalue weighted by Gasteiger charge is -2.39. The number of carbonyl (C=O) groups is 18. The van der Waals surface area contributed by atoms with Crippen LogP contribution in [0.2, 0.25) is 0 Å². The van der Waals surface area contributed by atoms with Crippen molar-refractivity contribution in [2.75, 3.05) is 31.9 Å². The molecule has 1 aliphatic rings. The van der Waals surface area contributed by atoms with Crippen LogP contribution in [0.3, 0.4) is 0 Å². The van der Waals surface area contributed by atoms with Gasteiger partial charge in [0.2, 0.25) is 88.6 Å². The number of hydrogen-bond acceptors (Lipinski definition) is 27. The van der Waals surface area contributed by atoms with E-state index >= 15 is 24.0 Å². The van der Waals surface area contributed by atoms with Gasteiger partial charge in [-0.1, -0.05) is 61.8 Å². The topological polar surface area (TPSA) is 816 Å². The molecule has 60 heteroatoms. The zero-order valence-electron chi connectivity index (χ0n) is 81.2. The number of carboxylic acids is 3. The van der Waals surface area contributed by atoms with E-state index in [1.807, 2.05) is 0 Å². The molecule has 0 spiro atoms. The monoisotopic (exact) mass is 2110 g/mol. The number of likely N-dealkylation sites (tertiary alicyclic amines) is 1. The van der Waals surface area contributed by atoms with Crippen LogP contribution in [0.5, 0.6) is 0 Å². The molecule has 818 valence electrons. The van der Waals surface area contributed by atoms with Crippen LogP contribution in [0.25, 0.3) is 0 Å². The van der Waals surface area contributed by atoms with Gasteiger partial charge in [0.25, 0.3) is 0 Å². The predicted octanol–water partition coefficient (Wildman–Crippen LogP) is -3.81. The molecule has 0 bridgehead atoms. The zero-order valence-corrected chi connectivity index (χ0v) is 82.1. The third kappa shape index (κ3) is 42.3. The molecule has 0 aliphatic carbocycles. The minimum atomic E-state index is -7.44. The molecular weight excluding hydrogens is 1970 g/mol. The number of amides is 15. The number of aromatic amines is 2. The molecule has 1 aliphatic heterocycles. The Bertz CT molecular complexity index is 4640. The number of nitrogens with two attached hydrogens (primary N) is 5. The van der Waals surface area contributed by atoms with Crippen LogP contribution in [0.1, 0.15) is 189 Å². The van der Waals surface area contributed by atoms with Gasteiger partial charge < -0.3 is 148 Å². The molecule has 3 heterocycles. The Morgan fingerprint density at radius 2 is 0.807 bits per heavy atom. The summed E-state index contributed by atoms with van der Waals surface area (Å²) in [6, 6.07) is -28.0. The number of hydrogen-bond donors (Lipinski definition) is 29. The van der Waals surface area contributed by atoms with E-state index in [0.29, 0.717) is 0 Å². The van der Waals surface area contributed by atoms with Gasteiger partial charge in [-0.3, -0.25) is 92.3 Å². The van der Waals surface area contributed by atoms with Crippen molar-refractivity contribution in [1.82, 2.24) is 105 Å². The van der Waals surface area contributed by atoms with Crippen LogP contribution in [0.15, 0.2) is 25.0 Å². The minimum Gasteiger partial charge on any atom is -0.481 e. The second-order valence-electron chi connectivity index (χ2n) is 36.1. The molecule has 0 saturated carbocycles. The van der Waals surface area contributed by atoms with Gasteiger partial charge in [0.15, 0.2) is 11.9 Å². The van der Waals surface area contributed by atoms with E-state index in [4.69, 9.17) is 39.5 Å². The Kier molecular flexibility index (Phi) is 52.2. The Hall–Kier alpha value is -13.0. The number of carbonyl (C=O) groups excluding carboxylic acids is 15. The fourth-order valence-corrected chi connectivity index (χ4v) is 15.0. The highest BCUT2D eigenvalue weighted by atomic mass is 32.1. The van der Waals surface area contributed by atoms with Gasteiger partial charge >= 0.3 is 42.0 Å². The predicted molar refractivity (Wildman–Crippen MR) is 498 cm³/mol. The van der Waals surface area contributed by atoms with Crippen LogP contribution in [-0.4, -0.2) is 323 Å². The molecule has 0 unspecified atom stereocenters. The lowest BCUT2D eigenvalue weighted by Crippen LogP contribution is -2.68. The SMILES string of the molecule is CC[C@H](C)[C@H](NC(=O)[C@H](CCCCN)NC(=O)[C@H](Cc1c[nH]cn1)NC(=O)[C@H](CCCNC(=N)N)NC(=O)[C@H](CCC(=O)O)NC(=O)[C@@H](NC(=O)[C@H](CC(C)C)NC(=O)[C@@H](N)CS)[C@@H](C)O)C(=O)N1C[C@H](OC(C(F)(F)F)(C(F)(F)F)C(F)(F)F)C[C@H]1C(=O)N[C@@H](Cc1c[nH]cn1)C(=O)N[C@@H](CCCNC(=N)N)C(=O)N[C@@H](CC(C)C)C(=O)N[C@@H](CC(C)C)C(=O)N[C@@H](CCC(N)=O)C(=O)N[C@@H](CCC(=O)O)C(=O)O. The minimum absolute atomic E-state index is 0.000155. The molecule has 2 aromatic heterocycles. The number of H-pyrrole nitrogens is 2. The summed E-state index contributed by atoms with van der Waals surface area (Å²) >= 11 is 4.01. The standard InChI is InChI=1S/C85H136F9N27O23S/c1-10-42(8)63(119-70(133)48(15-11-12-24-95)109-73(136)57(30-44-33-102-37-106-44)117-67(130)49(16-13-25-104-80(98)99)108-68(131)52(19-22-61(124)125)112-77(140)64(43(9)122)120-75(138)56(29-41(6)7)114-65(128)47(96)36-145)78(141)121-35-46(144-82(83(86,87)88,84(89,90)91)85(92,93)94)32-59(121)76(139)118-58(31-45-34-103-38-107-45)74(137)110-50(17-14-26-105-81(100)101)66(129)115-55(28-40(4)5)72(135)116-54(27-39(2)3)71(134)111-51(18-21-60(97)123)69(132)113-53(79(142)143)20-23-62(126)127/h33-34,37-43,46-59,63-64,122,145H,10-32,35-36,95-96H2,1-9H3,(H2,97,123)(H,102,106)(H,103,107)(H,108,131)(H,109,136)(H,110,137)(H,111,134)(H,112,140)(H,113,132)(H,114,128)(H,115,129)(H,116,135)(H,117,130)(H,118,139)(H,119,133)(H,120,138)(H,124,125)(H,126,127)(H,142,143)(H4,98,99,104)(H4,100,101,105)/t42-,43+,46+,47-,48-,49-,50-,51-,52-,53-,54-,55-,56-,57-,58-,59-,63-,64-/m0/s1. The van der Waals surface area contributed by atoms with Crippen LogP contribution in [0, 0.1) is 34.5 Å². The van der Waals surface area contributed by atoms with Crippen molar-refractivity contribution >= 4 is 131 Å². The molecule has 18 atom stereocenters. The number of rotatable bonds is 65. The van der Waals surface area contributed by atoms with E-state index in [2.05, 4.69) is 117 Å². The highest BCUT2D eigenvalue weighted by molar-refractivity contribution is 7.80. The second kappa shape index (κ2) is 60.0. The normalized spacial score (nSPS) is 16.7. The third-order valence-electron chi connectivity index (χ3n) is 22.7. The average Bonchev–Trinajstić information content (AvgIpc) is 1.58. The van der Waals surface area contributed by atoms with Crippen LogP contribution in [-0.2, 0) is 104 Å². The van der Waals surface area contributed by atoms with Gasteiger partial charge in [0.05, 0.1) is 42.3 Å². The molecule has 50 nitrogen and oxygen atoms in total. The summed E-state index contributed by atoms with van der Waals surface area (Å²) in [4.78, 5) is 265. The Morgan fingerprint density at radius 1 is 0.469 bits per heavy atom. The number of thiol groups is 1. The first kappa shape index (κ1) is 126. The van der Waals surface area contributed by atoms with Gasteiger partial charge in [0.1, 0.15) is 84.6 Å². The maximum atomic E-state index is 15.7. The number of aliphatic hydroxyl groups is 1. The number of alkyl halides is 9. The summed E-state index contributed by atoms with van der Waals surface area (Å²) < 4.78 is 139. The number of halogens is 9. The summed E-state index contributed by atoms with van der Waals surface area (Å²) in [5.74, 6) is -27.5. The van der Waals surface area contributed by atoms with E-state index in [1.54, 1.807) is 41.5 Å². The maximum Gasteiger partial charge on any atom is 0.435 e. The number of nitrogens with zero attached hydrogens (tertiary/aromatic N) is 3. The van der Waals surface area contributed by atoms with Crippen LogP contribution >= 0.6 is 12.6 Å². The van der Waals surface area contributed by atoms with Crippen molar-refractivity contribution in [1.29, 1.82) is 10.8 Å². The van der Waals surface area contributed by atoms with Crippen molar-refractivity contribution in [3.05, 3.63) is 36.4 Å². The molecular formula is C85H136F9N27O23S. The molecule has 0 radical (unpaired) electrons. The number of guanidine groups is 2. The second-order valence-corrected chi connectivity index (χ2v) is 36.5. The number of aromatic nitrogens is 4. The lowest BCUT2D eigenvalue weighted by atomic mass is 9.96. The van der Waals surface area contributed by atoms with Gasteiger partial charge in [0, 0.05) is 76.3 Å². The van der Waals surface area contributed by atoms with E-state index < -0.39 is 347 Å². The average molecular weight is 2110 g/mol. The van der Waals surface area contributed by atoms with E-state index in [0.717, 1.165) is 25.8 Å². The molecule has 0 aromatic carbocycles. The largest absolute Gasteiger partial charge is 0.481 e. The number of aliphatic hydroxyl groups excluding tert-OH is 1. The summed E-state index contributed by atoms with van der Waals surface area (Å²) in [5, 5.41) is 90.7. The molecule has 15 amide bonds. The Labute approximate surface area is 832 Å². The quantitative estimate of drug-likeness (QED) is 0.00992. The highest BCUT2D eigenvalue weighted by Crippen LogP contribution is 2.56. The number of carboxylic acid groups (broad SMARTS) is 3. The zero-order chi connectivity index (χ0) is 110. The Morgan fingerprint density at radius 3 is 1.17 bits per heavy atom. The first-order valence-corrected chi connectivity index (χ1v) is 47.1. The van der Waals surface area contributed by atoms with E-state index in [1.165, 1.54) is 20.0 Å². The summed E-state index contributed by atoms with van der Waals surface area (Å²) in [6.45, 7) is 11.0. The van der Waals surface area contributed by atoms with Crippen molar-refractivity contribution < 1.29 is 151 Å². The van der Waals surface area contributed by atoms with Gasteiger partial charge in [-0.05, 0) is 121 Å². The van der Waals surface area contributed by atoms with Crippen LogP contribution in [0.4, 0.5) is 39.5 Å². The third-order valence-corrected chi connectivity index (χ3v) is 23.0. The molecule has 33 N–H and O–H groups in total. The van der Waals surface area contributed by atoms with E-state index in [9.17, 15) is 122 Å². The lowest BCUT2D eigenvalue weighted by molar-refractivity contribution is -0.463. The van der Waals surface area contributed by atoms with Crippen molar-refractivity contribution in [3.63, 3.8) is 0 Å². The van der Waals surface area contributed by atoms with Gasteiger partial charge in [-0.25, -0.2) is 14.8 Å². The van der Waals surface area contributed by atoms with Gasteiger partial charge in [-0.15, -0.1) is 0 Å². The van der Waals surface area contributed by atoms with E-state index in [-0.39, 0.29) is 99.0 Å². The smallest absolute Gasteiger partial charge is 0.435 e. The molecule has 145 heavy (non-hydrogen) atoms. The van der Waals surface area contributed by atoms with Crippen molar-refractivity contribution in [3.8, 4) is 0 Å². The molecule has 2 aromatic rings. The summed E-state index contributed by atoms with van der Waals surface area (Å²) in [7, 11) is 0. The number of imidazole rings is 2. The fraction of sp³-hybridized carbons (Fsp3) is 0.694. The number of primary amides is 1. The maximum absolute atomic E-state index is 15.7. The number of aliphatic carboxylic acids is 3. The first-order chi connectivity index (χ1) is 67.5. The van der Waals surface area contributed by atoms with Gasteiger partial charge in [-0.2, -0.15) is 52.1 Å².